The summed E-state index contributed by atoms with van der Waals surface area (Å²) in [4.78, 5) is 163. The number of aliphatic carboxylic acids is 1. The lowest BCUT2D eigenvalue weighted by Gasteiger charge is -2.39. The lowest BCUT2D eigenvalue weighted by Crippen LogP contribution is -2.58. The van der Waals surface area contributed by atoms with Crippen molar-refractivity contribution in [1.82, 2.24) is 46.8 Å². The molecule has 8 N–H and O–H groups in total. The third-order valence-corrected chi connectivity index (χ3v) is 18.9. The molecule has 2 aliphatic heterocycles. The van der Waals surface area contributed by atoms with Gasteiger partial charge in [0.05, 0.1) is 56.0 Å². The Morgan fingerprint density at radius 1 is 0.777 bits per heavy atom. The van der Waals surface area contributed by atoms with Crippen LogP contribution in [0.5, 0.6) is 0 Å². The van der Waals surface area contributed by atoms with Gasteiger partial charge in [0.15, 0.2) is 6.10 Å². The van der Waals surface area contributed by atoms with Crippen molar-refractivity contribution >= 4 is 87.8 Å². The minimum atomic E-state index is -1.32. The number of hydrogen-bond acceptors (Lipinski definition) is 16. The van der Waals surface area contributed by atoms with Gasteiger partial charge in [-0.15, -0.1) is 23.7 Å². The summed E-state index contributed by atoms with van der Waals surface area (Å²) in [5.41, 5.74) is 3.26. The second kappa shape index (κ2) is 39.2. The van der Waals surface area contributed by atoms with Crippen molar-refractivity contribution in [2.45, 2.75) is 168 Å². The largest absolute Gasteiger partial charge is 0.481 e. The quantitative estimate of drug-likeness (QED) is 0.00872. The minimum absolute atomic E-state index is 0.00936. The van der Waals surface area contributed by atoms with Crippen LogP contribution in [0.3, 0.4) is 0 Å². The van der Waals surface area contributed by atoms with Crippen LogP contribution in [-0.2, 0) is 76.9 Å². The molecule has 4 aromatic carbocycles. The van der Waals surface area contributed by atoms with Gasteiger partial charge in [0, 0.05) is 67.3 Å². The number of carbonyl (C=O) groups excluding carboxylic acids is 10. The highest BCUT2D eigenvalue weighted by Gasteiger charge is 2.41. The zero-order valence-corrected chi connectivity index (χ0v) is 60.6. The van der Waals surface area contributed by atoms with E-state index in [1.165, 1.54) is 31.2 Å². The number of fused-ring (bicyclic) bond motifs is 2. The first-order valence-corrected chi connectivity index (χ1v) is 35.7. The Morgan fingerprint density at radius 3 is 2.13 bits per heavy atom. The highest BCUT2D eigenvalue weighted by molar-refractivity contribution is 7.09. The molecule has 26 heteroatoms. The normalized spacial score (nSPS) is 15.1. The number of terminal acetylenes is 1. The van der Waals surface area contributed by atoms with Gasteiger partial charge in [0.2, 0.25) is 41.4 Å². The molecular formula is C77H95N11O14S. The van der Waals surface area contributed by atoms with Crippen LogP contribution in [0.2, 0.25) is 0 Å². The predicted molar refractivity (Wildman–Crippen MR) is 389 cm³/mol. The number of amides is 9. The maximum atomic E-state index is 14.9. The molecule has 9 amide bonds. The van der Waals surface area contributed by atoms with Gasteiger partial charge < -0.3 is 52.0 Å². The third-order valence-electron chi connectivity index (χ3n) is 18.0. The molecule has 0 aliphatic carbocycles. The van der Waals surface area contributed by atoms with Crippen molar-refractivity contribution in [3.63, 3.8) is 0 Å². The molecule has 548 valence electrons. The van der Waals surface area contributed by atoms with E-state index in [0.717, 1.165) is 41.9 Å². The van der Waals surface area contributed by atoms with E-state index in [1.807, 2.05) is 76.0 Å². The molecule has 103 heavy (non-hydrogen) atoms. The molecule has 1 saturated heterocycles. The summed E-state index contributed by atoms with van der Waals surface area (Å²) in [5.74, 6) is 1.56. The molecular weight excluding hydrogens is 1330 g/mol. The monoisotopic (exact) mass is 1430 g/mol. The molecule has 7 atom stereocenters. The number of anilines is 2. The molecule has 5 aromatic rings. The predicted octanol–water partition coefficient (Wildman–Crippen LogP) is 6.93. The minimum Gasteiger partial charge on any atom is -0.481 e. The van der Waals surface area contributed by atoms with E-state index >= 15 is 0 Å². The molecule has 0 saturated carbocycles. The summed E-state index contributed by atoms with van der Waals surface area (Å²) in [7, 11) is 1.90. The van der Waals surface area contributed by atoms with Crippen molar-refractivity contribution in [2.75, 3.05) is 50.1 Å². The van der Waals surface area contributed by atoms with E-state index in [1.54, 1.807) is 71.6 Å². The number of unbranched alkanes of at least 4 members (excludes halogenated alkanes) is 1. The third kappa shape index (κ3) is 24.5. The summed E-state index contributed by atoms with van der Waals surface area (Å²) in [6, 6.07) is 26.1. The van der Waals surface area contributed by atoms with Crippen molar-refractivity contribution in [1.29, 1.82) is 0 Å². The average Bonchev–Trinajstić information content (AvgIpc) is 1.61. The SMILES string of the molecule is C#CCCCON(C(=O)[C@@H](NC(=O)[C@H]1CCCCN1C)[C@@H](C)CC)[C@H](C[C@@H](OC(C)=O)c1nc(C(=O)N[C@@H](Cc2ccc(NC(=O)CNC(=O)[C@H](Cc3ccccc3)NC(=O)CNC(=O)CNC(=O)CCC(=O)N3Cc4ccccc4C#Cc4ccccc43)cc2)CC(C)(C)C(=O)O)cs1)C(C)C. The van der Waals surface area contributed by atoms with Crippen LogP contribution in [0.25, 0.3) is 0 Å². The van der Waals surface area contributed by atoms with Crippen LogP contribution >= 0.6 is 11.3 Å². The number of ether oxygens (including phenoxy) is 1. The summed E-state index contributed by atoms with van der Waals surface area (Å²) in [5, 5.41) is 32.1. The number of hydroxylamine groups is 2. The number of carboxylic acids is 1. The first-order chi connectivity index (χ1) is 49.2. The van der Waals surface area contributed by atoms with Crippen LogP contribution in [0, 0.1) is 41.4 Å². The fourth-order valence-electron chi connectivity index (χ4n) is 12.0. The zero-order chi connectivity index (χ0) is 74.8. The maximum absolute atomic E-state index is 14.9. The Morgan fingerprint density at radius 2 is 1.44 bits per heavy atom. The Balaban J connectivity index is 0.933. The van der Waals surface area contributed by atoms with E-state index in [9.17, 15) is 57.8 Å². The number of para-hydroxylation sites is 1. The Labute approximate surface area is 606 Å². The zero-order valence-electron chi connectivity index (χ0n) is 59.8. The molecule has 25 nitrogen and oxygen atoms in total. The van der Waals surface area contributed by atoms with Crippen LogP contribution in [0.15, 0.2) is 109 Å². The number of likely N-dealkylation sites (tertiary alicyclic amines) is 1. The summed E-state index contributed by atoms with van der Waals surface area (Å²) in [6.07, 6.45) is 8.14. The van der Waals surface area contributed by atoms with Crippen LogP contribution in [-0.4, -0.2) is 155 Å². The lowest BCUT2D eigenvalue weighted by atomic mass is 9.84. The summed E-state index contributed by atoms with van der Waals surface area (Å²) >= 11 is 1.06. The molecule has 0 radical (unpaired) electrons. The number of likely N-dealkylation sites (N-methyl/N-ethyl adjacent to an activating group) is 1. The number of benzene rings is 4. The number of aromatic nitrogens is 1. The van der Waals surface area contributed by atoms with E-state index in [0.29, 0.717) is 53.7 Å². The number of carbonyl (C=O) groups is 11. The van der Waals surface area contributed by atoms with Crippen molar-refractivity contribution in [3.8, 4) is 24.2 Å². The number of piperidine rings is 1. The van der Waals surface area contributed by atoms with E-state index in [-0.39, 0.29) is 86.0 Å². The molecule has 1 fully saturated rings. The highest BCUT2D eigenvalue weighted by atomic mass is 32.1. The smallest absolute Gasteiger partial charge is 0.309 e. The fourth-order valence-corrected chi connectivity index (χ4v) is 12.8. The second-order valence-electron chi connectivity index (χ2n) is 26.9. The second-order valence-corrected chi connectivity index (χ2v) is 27.8. The van der Waals surface area contributed by atoms with Gasteiger partial charge in [0.25, 0.3) is 11.8 Å². The highest BCUT2D eigenvalue weighted by Crippen LogP contribution is 2.33. The van der Waals surface area contributed by atoms with E-state index < -0.39 is 115 Å². The number of esters is 1. The van der Waals surface area contributed by atoms with Crippen molar-refractivity contribution in [2.24, 2.45) is 17.3 Å². The first kappa shape index (κ1) is 80.0. The van der Waals surface area contributed by atoms with Gasteiger partial charge in [-0.25, -0.2) is 10.0 Å². The number of rotatable bonds is 36. The number of thiazole rings is 1. The van der Waals surface area contributed by atoms with Crippen LogP contribution < -0.4 is 42.1 Å². The van der Waals surface area contributed by atoms with Gasteiger partial charge in [-0.05, 0) is 118 Å². The molecule has 2 aliphatic rings. The molecule has 0 spiro atoms. The number of nitrogens with one attached hydrogen (secondary N) is 7. The standard InChI is InChI=1S/C77H95N11O14S/c1-10-12-22-39-101-88(75(98)70(50(5)11-2)85-73(97)62-29-20-21-38-86(62)9)63(49(3)4)42-64(102-51(6)89)74-84-60(48-103-74)72(96)82-58(43-77(7,8)76(99)100)40-53-30-34-57(35-31-53)81-67(92)46-80-71(95)59(41-52-23-14-13-15-24-52)83-68(93)45-79-66(91)44-78-65(90)36-37-69(94)87-47-56-27-17-16-25-54(56)32-33-55-26-18-19-28-61(55)87/h1,13-19,23-28,30-31,34-35,48-50,58-59,62-64,70H,11-12,20-22,29,36-47H2,2-9H3,(H,78,90)(H,79,91)(H,80,95)(H,81,92)(H,82,96)(H,83,93)(H,85,97)(H,99,100)/t50-,58-,59-,62+,63+,64+,70-/m0/s1. The molecule has 0 unspecified atom stereocenters. The van der Waals surface area contributed by atoms with Gasteiger partial charge in [0.1, 0.15) is 22.8 Å². The molecule has 3 heterocycles. The molecule has 1 aromatic heterocycles. The maximum Gasteiger partial charge on any atom is 0.309 e. The Hall–Kier alpha value is -10.3. The van der Waals surface area contributed by atoms with Gasteiger partial charge in [-0.1, -0.05) is 125 Å². The average molecular weight is 1430 g/mol. The topological polar surface area (TPSA) is 333 Å². The lowest BCUT2D eigenvalue weighted by molar-refractivity contribution is -0.213. The van der Waals surface area contributed by atoms with Gasteiger partial charge >= 0.3 is 11.9 Å². The van der Waals surface area contributed by atoms with E-state index in [2.05, 4.69) is 60.0 Å². The van der Waals surface area contributed by atoms with Crippen molar-refractivity contribution in [3.05, 3.63) is 147 Å². The van der Waals surface area contributed by atoms with Crippen LogP contribution in [0.1, 0.15) is 162 Å². The van der Waals surface area contributed by atoms with Crippen LogP contribution in [0.4, 0.5) is 11.4 Å². The Bertz CT molecular complexity index is 3920. The van der Waals surface area contributed by atoms with Crippen molar-refractivity contribution < 1.29 is 67.4 Å². The van der Waals surface area contributed by atoms with Gasteiger partial charge in [-0.2, -0.15) is 0 Å². The van der Waals surface area contributed by atoms with E-state index in [4.69, 9.17) is 16.0 Å². The van der Waals surface area contributed by atoms with Gasteiger partial charge in [-0.3, -0.25) is 62.5 Å². The first-order valence-electron chi connectivity index (χ1n) is 34.8. The number of hydrogen-bond donors (Lipinski definition) is 8. The Kier molecular flexibility index (Phi) is 30.5. The molecule has 0 bridgehead atoms. The molecule has 7 rings (SSSR count). The fraction of sp³-hybridized carbons (Fsp3) is 0.455. The summed E-state index contributed by atoms with van der Waals surface area (Å²) < 4.78 is 5.91. The number of carboxylic acid groups (broad SMARTS) is 1. The summed E-state index contributed by atoms with van der Waals surface area (Å²) in [6.45, 7) is 11.4. The number of nitrogens with zero attached hydrogens (tertiary/aromatic N) is 4.